The Morgan fingerprint density at radius 2 is 2.00 bits per heavy atom. The number of aliphatic hydroxyl groups is 1. The first-order chi connectivity index (χ1) is 7.39. The second-order valence-corrected chi connectivity index (χ2v) is 7.01. The molecule has 1 N–H and O–H groups in total. The van der Waals surface area contributed by atoms with Crippen LogP contribution in [-0.2, 0) is 0 Å². The molecule has 2 fully saturated rings. The lowest BCUT2D eigenvalue weighted by Crippen LogP contribution is -2.36. The summed E-state index contributed by atoms with van der Waals surface area (Å²) < 4.78 is 0. The molecule has 3 aliphatic rings. The van der Waals surface area contributed by atoms with Gasteiger partial charge in [-0.2, -0.15) is 0 Å². The Hall–Kier alpha value is -0.300. The zero-order chi connectivity index (χ0) is 11.7. The number of hydrogen-bond acceptors (Lipinski definition) is 1. The molecule has 2 saturated carbocycles. The molecular weight excluding hydrogens is 196 g/mol. The van der Waals surface area contributed by atoms with Gasteiger partial charge in [0.1, 0.15) is 0 Å². The number of allylic oxidation sites excluding steroid dienone is 1. The molecule has 3 aliphatic carbocycles. The molecule has 1 heteroatoms. The Morgan fingerprint density at radius 3 is 2.69 bits per heavy atom. The van der Waals surface area contributed by atoms with Gasteiger partial charge in [-0.3, -0.25) is 0 Å². The lowest BCUT2D eigenvalue weighted by atomic mass is 9.60. The van der Waals surface area contributed by atoms with Crippen LogP contribution in [-0.4, -0.2) is 11.2 Å². The van der Waals surface area contributed by atoms with Crippen LogP contribution in [0.2, 0.25) is 0 Å². The fourth-order valence-electron chi connectivity index (χ4n) is 4.94. The Bertz CT molecular complexity index is 366. The van der Waals surface area contributed by atoms with Crippen molar-refractivity contribution in [3.63, 3.8) is 0 Å². The summed E-state index contributed by atoms with van der Waals surface area (Å²) >= 11 is 0. The molecule has 3 rings (SSSR count). The molecule has 90 valence electrons. The third-order valence-electron chi connectivity index (χ3n) is 6.33. The van der Waals surface area contributed by atoms with Crippen molar-refractivity contribution < 1.29 is 5.11 Å². The highest BCUT2D eigenvalue weighted by atomic mass is 16.3. The highest BCUT2D eigenvalue weighted by Crippen LogP contribution is 2.67. The average Bonchev–Trinajstić information content (AvgIpc) is 2.69. The third-order valence-corrected chi connectivity index (χ3v) is 6.33. The highest BCUT2D eigenvalue weighted by molar-refractivity contribution is 5.39. The smallest absolute Gasteiger partial charge is 0.0761 e. The summed E-state index contributed by atoms with van der Waals surface area (Å²) in [5.74, 6) is 1.54. The molecule has 0 aromatic carbocycles. The first kappa shape index (κ1) is 10.8. The Labute approximate surface area is 98.9 Å². The van der Waals surface area contributed by atoms with E-state index in [4.69, 9.17) is 0 Å². The SMILES string of the molecule is CC1=C2[C@H](O)C[C@H](C)[C@@]23CC[C@@H](C3)C1(C)C. The Kier molecular flexibility index (Phi) is 1.98. The summed E-state index contributed by atoms with van der Waals surface area (Å²) in [5.41, 5.74) is 3.67. The minimum Gasteiger partial charge on any atom is -0.389 e. The van der Waals surface area contributed by atoms with Crippen LogP contribution in [0.4, 0.5) is 0 Å². The van der Waals surface area contributed by atoms with Gasteiger partial charge in [0.2, 0.25) is 0 Å². The van der Waals surface area contributed by atoms with Gasteiger partial charge in [-0.1, -0.05) is 26.3 Å². The van der Waals surface area contributed by atoms with Crippen LogP contribution in [0.3, 0.4) is 0 Å². The van der Waals surface area contributed by atoms with Crippen molar-refractivity contribution in [2.45, 2.75) is 59.5 Å². The van der Waals surface area contributed by atoms with E-state index in [1.54, 1.807) is 0 Å². The van der Waals surface area contributed by atoms with E-state index in [1.165, 1.54) is 30.4 Å². The fraction of sp³-hybridized carbons (Fsp3) is 0.867. The maximum atomic E-state index is 10.4. The van der Waals surface area contributed by atoms with Crippen LogP contribution < -0.4 is 0 Å². The van der Waals surface area contributed by atoms with E-state index in [0.29, 0.717) is 16.7 Å². The van der Waals surface area contributed by atoms with Crippen molar-refractivity contribution in [2.75, 3.05) is 0 Å². The predicted octanol–water partition coefficient (Wildman–Crippen LogP) is 3.53. The number of aliphatic hydroxyl groups excluding tert-OH is 1. The first-order valence-electron chi connectivity index (χ1n) is 6.79. The van der Waals surface area contributed by atoms with Crippen molar-refractivity contribution >= 4 is 0 Å². The van der Waals surface area contributed by atoms with Crippen molar-refractivity contribution in [1.82, 2.24) is 0 Å². The summed E-state index contributed by atoms with van der Waals surface area (Å²) in [6.07, 6.45) is 4.88. The molecular formula is C15H24O. The molecule has 0 aliphatic heterocycles. The molecule has 0 unspecified atom stereocenters. The Morgan fingerprint density at radius 1 is 1.31 bits per heavy atom. The summed E-state index contributed by atoms with van der Waals surface area (Å²) in [6.45, 7) is 9.39. The van der Waals surface area contributed by atoms with Gasteiger partial charge in [-0.05, 0) is 60.8 Å². The van der Waals surface area contributed by atoms with Crippen molar-refractivity contribution in [2.24, 2.45) is 22.7 Å². The maximum absolute atomic E-state index is 10.4. The maximum Gasteiger partial charge on any atom is 0.0761 e. The highest BCUT2D eigenvalue weighted by Gasteiger charge is 2.59. The second kappa shape index (κ2) is 2.93. The first-order valence-corrected chi connectivity index (χ1v) is 6.79. The van der Waals surface area contributed by atoms with Crippen LogP contribution >= 0.6 is 0 Å². The minimum absolute atomic E-state index is 0.145. The molecule has 0 aromatic rings. The second-order valence-electron chi connectivity index (χ2n) is 7.01. The Balaban J connectivity index is 2.21. The van der Waals surface area contributed by atoms with E-state index in [0.717, 1.165) is 12.3 Å². The monoisotopic (exact) mass is 220 g/mol. The van der Waals surface area contributed by atoms with E-state index < -0.39 is 0 Å². The van der Waals surface area contributed by atoms with Crippen LogP contribution in [0.15, 0.2) is 11.1 Å². The quantitative estimate of drug-likeness (QED) is 0.619. The van der Waals surface area contributed by atoms with Gasteiger partial charge in [0.05, 0.1) is 6.10 Å². The topological polar surface area (TPSA) is 20.2 Å². The fourth-order valence-corrected chi connectivity index (χ4v) is 4.94. The molecule has 16 heavy (non-hydrogen) atoms. The molecule has 0 aromatic heterocycles. The zero-order valence-corrected chi connectivity index (χ0v) is 11.0. The lowest BCUT2D eigenvalue weighted by molar-refractivity contribution is 0.174. The summed E-state index contributed by atoms with van der Waals surface area (Å²) in [5, 5.41) is 10.4. The van der Waals surface area contributed by atoms with E-state index in [1.807, 2.05) is 0 Å². The molecule has 1 spiro atoms. The molecule has 0 radical (unpaired) electrons. The molecule has 0 amide bonds. The van der Waals surface area contributed by atoms with Gasteiger partial charge in [-0.25, -0.2) is 0 Å². The number of hydrogen-bond donors (Lipinski definition) is 1. The van der Waals surface area contributed by atoms with E-state index in [-0.39, 0.29) is 6.10 Å². The normalized spacial score (nSPS) is 49.7. The van der Waals surface area contributed by atoms with Gasteiger partial charge >= 0.3 is 0 Å². The predicted molar refractivity (Wildman–Crippen MR) is 66.0 cm³/mol. The van der Waals surface area contributed by atoms with Gasteiger partial charge < -0.3 is 5.11 Å². The minimum atomic E-state index is -0.145. The van der Waals surface area contributed by atoms with Gasteiger partial charge in [-0.15, -0.1) is 0 Å². The third kappa shape index (κ3) is 1.01. The van der Waals surface area contributed by atoms with Crippen LogP contribution in [0.1, 0.15) is 53.4 Å². The zero-order valence-electron chi connectivity index (χ0n) is 11.0. The lowest BCUT2D eigenvalue weighted by Gasteiger charge is -2.44. The summed E-state index contributed by atoms with van der Waals surface area (Å²) in [4.78, 5) is 0. The molecule has 0 saturated heterocycles. The van der Waals surface area contributed by atoms with E-state index in [2.05, 4.69) is 27.7 Å². The molecule has 2 bridgehead atoms. The van der Waals surface area contributed by atoms with Crippen molar-refractivity contribution in [1.29, 1.82) is 0 Å². The largest absolute Gasteiger partial charge is 0.389 e. The van der Waals surface area contributed by atoms with Crippen molar-refractivity contribution in [3.05, 3.63) is 11.1 Å². The summed E-state index contributed by atoms with van der Waals surface area (Å²) in [6, 6.07) is 0. The van der Waals surface area contributed by atoms with E-state index in [9.17, 15) is 5.11 Å². The average molecular weight is 220 g/mol. The van der Waals surface area contributed by atoms with Crippen LogP contribution in [0.5, 0.6) is 0 Å². The summed E-state index contributed by atoms with van der Waals surface area (Å²) in [7, 11) is 0. The molecule has 1 nitrogen and oxygen atoms in total. The van der Waals surface area contributed by atoms with Gasteiger partial charge in [0.25, 0.3) is 0 Å². The number of rotatable bonds is 0. The van der Waals surface area contributed by atoms with Gasteiger partial charge in [0.15, 0.2) is 0 Å². The van der Waals surface area contributed by atoms with Crippen LogP contribution in [0, 0.1) is 22.7 Å². The van der Waals surface area contributed by atoms with E-state index >= 15 is 0 Å². The van der Waals surface area contributed by atoms with Gasteiger partial charge in [0, 0.05) is 0 Å². The van der Waals surface area contributed by atoms with Crippen molar-refractivity contribution in [3.8, 4) is 0 Å². The standard InChI is InChI=1S/C15H24O/c1-9-7-12(16)13-10(2)14(3,4)11-5-6-15(9,13)8-11/h9,11-12,16H,5-8H2,1-4H3/t9-,11-,12+,15-/m0/s1. The number of fused-ring (bicyclic) bond motifs is 1. The van der Waals surface area contributed by atoms with Crippen LogP contribution in [0.25, 0.3) is 0 Å². The molecule has 4 atom stereocenters. The molecule has 0 heterocycles.